The second-order valence-corrected chi connectivity index (χ2v) is 6.36. The van der Waals surface area contributed by atoms with Gasteiger partial charge in [0.25, 0.3) is 0 Å². The monoisotopic (exact) mass is 300 g/mol. The smallest absolute Gasteiger partial charge is 0.227 e. The summed E-state index contributed by atoms with van der Waals surface area (Å²) in [5.41, 5.74) is 7.91. The molecule has 1 saturated heterocycles. The summed E-state index contributed by atoms with van der Waals surface area (Å²) in [4.78, 5) is 12.3. The Bertz CT molecular complexity index is 694. The molecule has 0 radical (unpaired) electrons. The van der Waals surface area contributed by atoms with E-state index in [1.54, 1.807) is 0 Å². The molecule has 0 bridgehead atoms. The molecule has 2 aliphatic rings. The third kappa shape index (κ3) is 2.48. The highest BCUT2D eigenvalue weighted by atomic mass is 16.5. The van der Waals surface area contributed by atoms with Gasteiger partial charge in [0, 0.05) is 17.3 Å². The average Bonchev–Trinajstić information content (AvgIpc) is 3.19. The molecule has 4 rings (SSSR count). The van der Waals surface area contributed by atoms with Gasteiger partial charge in [0.15, 0.2) is 5.58 Å². The maximum atomic E-state index is 12.3. The van der Waals surface area contributed by atoms with Crippen LogP contribution in [0, 0.1) is 11.8 Å². The number of rotatable bonds is 4. The Balaban J connectivity index is 1.40. The number of carbonyl (C=O) groups is 1. The minimum Gasteiger partial charge on any atom is -0.356 e. The Hall–Kier alpha value is -1.92. The molecule has 1 aromatic heterocycles. The molecule has 1 aromatic carbocycles. The summed E-state index contributed by atoms with van der Waals surface area (Å²) in [6.07, 6.45) is 2.77. The number of hydrogen-bond acceptors (Lipinski definition) is 5. The molecule has 1 aliphatic carbocycles. The summed E-state index contributed by atoms with van der Waals surface area (Å²) in [5.74, 6) is 1.09. The predicted molar refractivity (Wildman–Crippen MR) is 81.6 cm³/mol. The van der Waals surface area contributed by atoms with Gasteiger partial charge in [-0.2, -0.15) is 0 Å². The molecule has 1 saturated carbocycles. The van der Waals surface area contributed by atoms with E-state index < -0.39 is 0 Å². The van der Waals surface area contributed by atoms with Gasteiger partial charge in [-0.15, -0.1) is 0 Å². The van der Waals surface area contributed by atoms with Gasteiger partial charge in [-0.1, -0.05) is 24.2 Å². The largest absolute Gasteiger partial charge is 0.356 e. The molecule has 2 aromatic rings. The fourth-order valence-corrected chi connectivity index (χ4v) is 3.27. The number of nitrogens with one attached hydrogen (secondary N) is 3. The van der Waals surface area contributed by atoms with E-state index in [1.165, 1.54) is 12.8 Å². The maximum absolute atomic E-state index is 12.3. The standard InChI is InChI=1S/C16H20N4O2/c1-9-15(10-6-7-10)18-19-16(9)17-14(21)8-12-11-4-2-3-5-13(11)22-20-12/h2-5,9-10,15-16,18-19H,6-8H2,1H3,(H,17,21). The molecule has 3 unspecified atom stereocenters. The zero-order valence-corrected chi connectivity index (χ0v) is 12.5. The molecular formula is C16H20N4O2. The van der Waals surface area contributed by atoms with E-state index in [4.69, 9.17) is 4.52 Å². The lowest BCUT2D eigenvalue weighted by Crippen LogP contribution is -2.47. The minimum absolute atomic E-state index is 0.0312. The second-order valence-electron chi connectivity index (χ2n) is 6.36. The van der Waals surface area contributed by atoms with Crippen molar-refractivity contribution in [2.24, 2.45) is 11.8 Å². The van der Waals surface area contributed by atoms with E-state index in [9.17, 15) is 4.79 Å². The fraction of sp³-hybridized carbons (Fsp3) is 0.500. The fourth-order valence-electron chi connectivity index (χ4n) is 3.27. The zero-order valence-electron chi connectivity index (χ0n) is 12.5. The number of hydrogen-bond donors (Lipinski definition) is 3. The van der Waals surface area contributed by atoms with Gasteiger partial charge in [-0.05, 0) is 30.9 Å². The van der Waals surface area contributed by atoms with Crippen molar-refractivity contribution >= 4 is 16.9 Å². The number of fused-ring (bicyclic) bond motifs is 1. The highest BCUT2D eigenvalue weighted by molar-refractivity contribution is 5.86. The van der Waals surface area contributed by atoms with Crippen molar-refractivity contribution in [3.63, 3.8) is 0 Å². The number of aromatic nitrogens is 1. The van der Waals surface area contributed by atoms with E-state index in [0.29, 0.717) is 23.2 Å². The summed E-state index contributed by atoms with van der Waals surface area (Å²) >= 11 is 0. The first kappa shape index (κ1) is 13.7. The van der Waals surface area contributed by atoms with Crippen molar-refractivity contribution in [1.82, 2.24) is 21.3 Å². The number of carbonyl (C=O) groups excluding carboxylic acids is 1. The second kappa shape index (κ2) is 5.37. The molecule has 22 heavy (non-hydrogen) atoms. The first-order valence-electron chi connectivity index (χ1n) is 7.86. The van der Waals surface area contributed by atoms with Crippen molar-refractivity contribution in [2.75, 3.05) is 0 Å². The van der Waals surface area contributed by atoms with Gasteiger partial charge in [0.2, 0.25) is 5.91 Å². The van der Waals surface area contributed by atoms with Gasteiger partial charge >= 0.3 is 0 Å². The Morgan fingerprint density at radius 1 is 1.36 bits per heavy atom. The number of amides is 1. The van der Waals surface area contributed by atoms with Gasteiger partial charge in [-0.25, -0.2) is 5.43 Å². The highest BCUT2D eigenvalue weighted by Gasteiger charge is 2.42. The summed E-state index contributed by atoms with van der Waals surface area (Å²) < 4.78 is 5.24. The minimum atomic E-state index is -0.0401. The zero-order chi connectivity index (χ0) is 15.1. The van der Waals surface area contributed by atoms with Crippen LogP contribution >= 0.6 is 0 Å². The molecule has 2 fully saturated rings. The van der Waals surface area contributed by atoms with Gasteiger partial charge in [0.05, 0.1) is 12.6 Å². The van der Waals surface area contributed by atoms with Crippen LogP contribution in [0.5, 0.6) is 0 Å². The topological polar surface area (TPSA) is 79.2 Å². The lowest BCUT2D eigenvalue weighted by Gasteiger charge is -2.19. The normalized spacial score (nSPS) is 28.1. The Kier molecular flexibility index (Phi) is 3.35. The van der Waals surface area contributed by atoms with E-state index in [2.05, 4.69) is 28.2 Å². The van der Waals surface area contributed by atoms with Crippen LogP contribution in [0.15, 0.2) is 28.8 Å². The summed E-state index contributed by atoms with van der Waals surface area (Å²) in [7, 11) is 0. The van der Waals surface area contributed by atoms with Crippen molar-refractivity contribution in [3.8, 4) is 0 Å². The Morgan fingerprint density at radius 2 is 2.18 bits per heavy atom. The van der Waals surface area contributed by atoms with Crippen LogP contribution in [-0.4, -0.2) is 23.3 Å². The lowest BCUT2D eigenvalue weighted by molar-refractivity contribution is -0.121. The van der Waals surface area contributed by atoms with E-state index >= 15 is 0 Å². The molecular weight excluding hydrogens is 280 g/mol. The Morgan fingerprint density at radius 3 is 3.00 bits per heavy atom. The van der Waals surface area contributed by atoms with Crippen LogP contribution in [0.4, 0.5) is 0 Å². The van der Waals surface area contributed by atoms with E-state index in [1.807, 2.05) is 24.3 Å². The van der Waals surface area contributed by atoms with Crippen LogP contribution in [0.3, 0.4) is 0 Å². The van der Waals surface area contributed by atoms with Crippen LogP contribution in [0.2, 0.25) is 0 Å². The summed E-state index contributed by atoms with van der Waals surface area (Å²) in [6, 6.07) is 8.05. The van der Waals surface area contributed by atoms with Crippen LogP contribution in [-0.2, 0) is 11.2 Å². The Labute approximate surface area is 128 Å². The third-order valence-corrected chi connectivity index (χ3v) is 4.72. The summed E-state index contributed by atoms with van der Waals surface area (Å²) in [6.45, 7) is 2.17. The molecule has 6 heteroatoms. The van der Waals surface area contributed by atoms with Gasteiger partial charge in [0.1, 0.15) is 5.69 Å². The highest BCUT2D eigenvalue weighted by Crippen LogP contribution is 2.37. The van der Waals surface area contributed by atoms with Gasteiger partial charge < -0.3 is 9.84 Å². The SMILES string of the molecule is CC1C(NC(=O)Cc2noc3ccccc23)NNC1C1CC1. The third-order valence-electron chi connectivity index (χ3n) is 4.72. The molecule has 2 heterocycles. The molecule has 1 amide bonds. The average molecular weight is 300 g/mol. The van der Waals surface area contributed by atoms with E-state index in [-0.39, 0.29) is 18.5 Å². The first-order chi connectivity index (χ1) is 10.7. The molecule has 1 aliphatic heterocycles. The first-order valence-corrected chi connectivity index (χ1v) is 7.86. The lowest BCUT2D eigenvalue weighted by atomic mass is 9.97. The van der Waals surface area contributed by atoms with Crippen LogP contribution < -0.4 is 16.2 Å². The van der Waals surface area contributed by atoms with E-state index in [0.717, 1.165) is 11.3 Å². The summed E-state index contributed by atoms with van der Waals surface area (Å²) in [5, 5.41) is 7.96. The van der Waals surface area contributed by atoms with Crippen molar-refractivity contribution in [3.05, 3.63) is 30.0 Å². The predicted octanol–water partition coefficient (Wildman–Crippen LogP) is 1.34. The molecule has 3 N–H and O–H groups in total. The van der Waals surface area contributed by atoms with Crippen LogP contribution in [0.1, 0.15) is 25.5 Å². The molecule has 116 valence electrons. The molecule has 0 spiro atoms. The number of benzene rings is 1. The number of nitrogens with zero attached hydrogens (tertiary/aromatic N) is 1. The van der Waals surface area contributed by atoms with Gasteiger partial charge in [-0.3, -0.25) is 10.2 Å². The van der Waals surface area contributed by atoms with Crippen molar-refractivity contribution < 1.29 is 9.32 Å². The van der Waals surface area contributed by atoms with Crippen LogP contribution in [0.25, 0.3) is 11.0 Å². The molecule has 3 atom stereocenters. The van der Waals surface area contributed by atoms with Crippen molar-refractivity contribution in [2.45, 2.75) is 38.4 Å². The molecule has 6 nitrogen and oxygen atoms in total. The number of hydrazine groups is 1. The van der Waals surface area contributed by atoms with Crippen molar-refractivity contribution in [1.29, 1.82) is 0 Å². The number of para-hydroxylation sites is 1. The maximum Gasteiger partial charge on any atom is 0.227 e. The quantitative estimate of drug-likeness (QED) is 0.794.